The first kappa shape index (κ1) is 9.22. The van der Waals surface area contributed by atoms with E-state index >= 15 is 0 Å². The van der Waals surface area contributed by atoms with E-state index in [1.165, 1.54) is 31.4 Å². The van der Waals surface area contributed by atoms with Gasteiger partial charge in [0.05, 0.1) is 13.2 Å². The summed E-state index contributed by atoms with van der Waals surface area (Å²) in [5.74, 6) is 0.963. The van der Waals surface area contributed by atoms with Gasteiger partial charge in [-0.15, -0.1) is 0 Å². The Morgan fingerprint density at radius 1 is 1.46 bits per heavy atom. The second-order valence-electron chi connectivity index (χ2n) is 4.13. The van der Waals surface area contributed by atoms with Crippen molar-refractivity contribution in [3.05, 3.63) is 11.6 Å². The zero-order valence-corrected chi connectivity index (χ0v) is 8.22. The summed E-state index contributed by atoms with van der Waals surface area (Å²) in [6, 6.07) is 0. The van der Waals surface area contributed by atoms with E-state index in [2.05, 4.69) is 11.4 Å². The van der Waals surface area contributed by atoms with Gasteiger partial charge in [-0.25, -0.2) is 0 Å². The molecular weight excluding hydrogens is 162 g/mol. The Balaban J connectivity index is 1.58. The maximum Gasteiger partial charge on any atom is 0.0689 e. The van der Waals surface area contributed by atoms with Gasteiger partial charge in [0.2, 0.25) is 0 Å². The highest BCUT2D eigenvalue weighted by Crippen LogP contribution is 2.25. The van der Waals surface area contributed by atoms with Crippen LogP contribution < -0.4 is 5.32 Å². The number of hydrogen-bond acceptors (Lipinski definition) is 2. The fourth-order valence-electron chi connectivity index (χ4n) is 1.87. The van der Waals surface area contributed by atoms with Crippen molar-refractivity contribution < 1.29 is 4.74 Å². The normalized spacial score (nSPS) is 23.8. The summed E-state index contributed by atoms with van der Waals surface area (Å²) < 4.78 is 5.37. The fourth-order valence-corrected chi connectivity index (χ4v) is 1.87. The summed E-state index contributed by atoms with van der Waals surface area (Å²) in [5, 5.41) is 3.51. The van der Waals surface area contributed by atoms with Gasteiger partial charge in [0.1, 0.15) is 0 Å². The van der Waals surface area contributed by atoms with Crippen molar-refractivity contribution in [1.29, 1.82) is 0 Å². The van der Waals surface area contributed by atoms with Gasteiger partial charge in [-0.2, -0.15) is 0 Å². The molecule has 1 aliphatic heterocycles. The fraction of sp³-hybridized carbons (Fsp3) is 0.818. The first-order chi connectivity index (χ1) is 6.45. The highest BCUT2D eigenvalue weighted by Gasteiger charge is 2.16. The Morgan fingerprint density at radius 2 is 2.38 bits per heavy atom. The molecule has 0 aromatic carbocycles. The van der Waals surface area contributed by atoms with E-state index in [0.29, 0.717) is 0 Å². The first-order valence-electron chi connectivity index (χ1n) is 5.41. The molecule has 74 valence electrons. The molecule has 1 saturated carbocycles. The van der Waals surface area contributed by atoms with Crippen molar-refractivity contribution in [2.45, 2.75) is 25.7 Å². The van der Waals surface area contributed by atoms with Crippen LogP contribution in [0.3, 0.4) is 0 Å². The molecule has 1 fully saturated rings. The van der Waals surface area contributed by atoms with E-state index in [1.54, 1.807) is 0 Å². The minimum Gasteiger partial charge on any atom is -0.377 e. The van der Waals surface area contributed by atoms with Crippen LogP contribution in [0.25, 0.3) is 0 Å². The lowest BCUT2D eigenvalue weighted by Crippen LogP contribution is -2.29. The van der Waals surface area contributed by atoms with E-state index in [1.807, 2.05) is 0 Å². The van der Waals surface area contributed by atoms with Crippen LogP contribution in [-0.2, 0) is 4.74 Å². The van der Waals surface area contributed by atoms with Gasteiger partial charge < -0.3 is 10.1 Å². The van der Waals surface area contributed by atoms with Gasteiger partial charge in [0.25, 0.3) is 0 Å². The molecule has 0 amide bonds. The molecule has 1 aliphatic carbocycles. The van der Waals surface area contributed by atoms with Gasteiger partial charge in [0, 0.05) is 6.54 Å². The van der Waals surface area contributed by atoms with Crippen molar-refractivity contribution in [3.8, 4) is 0 Å². The van der Waals surface area contributed by atoms with E-state index in [-0.39, 0.29) is 0 Å². The van der Waals surface area contributed by atoms with Crippen molar-refractivity contribution in [2.75, 3.05) is 26.3 Å². The zero-order chi connectivity index (χ0) is 8.93. The highest BCUT2D eigenvalue weighted by atomic mass is 16.5. The third-order valence-electron chi connectivity index (χ3n) is 2.99. The second kappa shape index (κ2) is 4.77. The van der Waals surface area contributed by atoms with E-state index < -0.39 is 0 Å². The van der Waals surface area contributed by atoms with E-state index in [0.717, 1.165) is 32.1 Å². The Bertz CT molecular complexity index is 185. The quantitative estimate of drug-likeness (QED) is 0.667. The Labute approximate surface area is 80.4 Å². The molecule has 2 aliphatic rings. The number of ether oxygens (including phenoxy) is 1. The average molecular weight is 181 g/mol. The molecule has 0 bridgehead atoms. The zero-order valence-electron chi connectivity index (χ0n) is 8.22. The Morgan fingerprint density at radius 3 is 3.00 bits per heavy atom. The van der Waals surface area contributed by atoms with Crippen molar-refractivity contribution in [1.82, 2.24) is 5.32 Å². The largest absolute Gasteiger partial charge is 0.377 e. The molecule has 1 heterocycles. The molecule has 2 heteroatoms. The van der Waals surface area contributed by atoms with Gasteiger partial charge in [-0.05, 0) is 37.3 Å². The lowest BCUT2D eigenvalue weighted by Gasteiger charge is -2.26. The topological polar surface area (TPSA) is 21.3 Å². The van der Waals surface area contributed by atoms with Crippen LogP contribution in [0.1, 0.15) is 25.7 Å². The van der Waals surface area contributed by atoms with Crippen LogP contribution in [0.15, 0.2) is 11.6 Å². The second-order valence-corrected chi connectivity index (χ2v) is 4.13. The van der Waals surface area contributed by atoms with Crippen LogP contribution >= 0.6 is 0 Å². The standard InChI is InChI=1S/C11H19NO/c1-3-10(4-1)7-12-8-11-5-2-6-13-9-11/h5,10,12H,1-4,6-9H2. The molecule has 1 N–H and O–H groups in total. The van der Waals surface area contributed by atoms with Crippen molar-refractivity contribution in [3.63, 3.8) is 0 Å². The molecule has 13 heavy (non-hydrogen) atoms. The minimum absolute atomic E-state index is 0.845. The molecule has 0 spiro atoms. The molecule has 0 atom stereocenters. The first-order valence-corrected chi connectivity index (χ1v) is 5.41. The average Bonchev–Trinajstić information content (AvgIpc) is 2.11. The number of rotatable bonds is 4. The SMILES string of the molecule is C1=C(CNCC2CCC2)COCC1. The molecule has 0 unspecified atom stereocenters. The third-order valence-corrected chi connectivity index (χ3v) is 2.99. The highest BCUT2D eigenvalue weighted by molar-refractivity contribution is 5.06. The van der Waals surface area contributed by atoms with Crippen LogP contribution in [-0.4, -0.2) is 26.3 Å². The Hall–Kier alpha value is -0.340. The van der Waals surface area contributed by atoms with Gasteiger partial charge >= 0.3 is 0 Å². The minimum atomic E-state index is 0.845. The molecule has 2 nitrogen and oxygen atoms in total. The van der Waals surface area contributed by atoms with Gasteiger partial charge in [-0.1, -0.05) is 12.5 Å². The summed E-state index contributed by atoms with van der Waals surface area (Å²) in [6.45, 7) is 4.00. The molecule has 2 rings (SSSR count). The van der Waals surface area contributed by atoms with Crippen LogP contribution in [0.5, 0.6) is 0 Å². The molecule has 0 aromatic heterocycles. The summed E-state index contributed by atoms with van der Waals surface area (Å²) in [6.07, 6.45) is 7.72. The lowest BCUT2D eigenvalue weighted by atomic mass is 9.85. The predicted octanol–water partition coefficient (Wildman–Crippen LogP) is 1.72. The molecular formula is C11H19NO. The summed E-state index contributed by atoms with van der Waals surface area (Å²) in [5.41, 5.74) is 1.44. The lowest BCUT2D eigenvalue weighted by molar-refractivity contribution is 0.148. The molecule has 0 saturated heterocycles. The number of nitrogens with one attached hydrogen (secondary N) is 1. The van der Waals surface area contributed by atoms with Crippen LogP contribution in [0, 0.1) is 5.92 Å². The van der Waals surface area contributed by atoms with Crippen LogP contribution in [0.2, 0.25) is 0 Å². The summed E-state index contributed by atoms with van der Waals surface area (Å²) in [4.78, 5) is 0. The molecule has 0 radical (unpaired) electrons. The van der Waals surface area contributed by atoms with Crippen molar-refractivity contribution in [2.24, 2.45) is 5.92 Å². The molecule has 0 aromatic rings. The van der Waals surface area contributed by atoms with E-state index in [9.17, 15) is 0 Å². The summed E-state index contributed by atoms with van der Waals surface area (Å²) in [7, 11) is 0. The predicted molar refractivity (Wildman–Crippen MR) is 53.7 cm³/mol. The maximum atomic E-state index is 5.37. The van der Waals surface area contributed by atoms with Gasteiger partial charge in [-0.3, -0.25) is 0 Å². The smallest absolute Gasteiger partial charge is 0.0689 e. The monoisotopic (exact) mass is 181 g/mol. The third kappa shape index (κ3) is 2.82. The number of hydrogen-bond donors (Lipinski definition) is 1. The summed E-state index contributed by atoms with van der Waals surface area (Å²) >= 11 is 0. The van der Waals surface area contributed by atoms with Gasteiger partial charge in [0.15, 0.2) is 0 Å². The van der Waals surface area contributed by atoms with E-state index in [4.69, 9.17) is 4.74 Å². The maximum absolute atomic E-state index is 5.37. The van der Waals surface area contributed by atoms with Crippen molar-refractivity contribution >= 4 is 0 Å². The van der Waals surface area contributed by atoms with Crippen LogP contribution in [0.4, 0.5) is 0 Å². The Kier molecular flexibility index (Phi) is 3.39.